The number of ether oxygens (including phenoxy) is 1. The van der Waals surface area contributed by atoms with Crippen molar-refractivity contribution in [2.45, 2.75) is 58.0 Å². The van der Waals surface area contributed by atoms with Gasteiger partial charge in [0.05, 0.1) is 12.5 Å². The number of rotatable bonds is 6. The number of likely N-dealkylation sites (tertiary alicyclic amines) is 1. The Labute approximate surface area is 234 Å². The van der Waals surface area contributed by atoms with Crippen molar-refractivity contribution in [1.29, 1.82) is 0 Å². The molecular weight excluding hydrogens is 517 g/mol. The fraction of sp³-hybridized carbons (Fsp3) is 0.562. The smallest absolute Gasteiger partial charge is 0.391 e. The molecule has 0 saturated carbocycles. The van der Waals surface area contributed by atoms with Crippen LogP contribution in [0.2, 0.25) is 0 Å². The summed E-state index contributed by atoms with van der Waals surface area (Å²) in [5.41, 5.74) is 3.91. The molecule has 1 amide bonds. The summed E-state index contributed by atoms with van der Waals surface area (Å²) in [6.45, 7) is 4.89. The Hall–Kier alpha value is -2.87. The number of benzene rings is 2. The van der Waals surface area contributed by atoms with E-state index in [0.29, 0.717) is 25.4 Å². The van der Waals surface area contributed by atoms with E-state index < -0.39 is 12.1 Å². The second-order valence-electron chi connectivity index (χ2n) is 11.9. The molecule has 3 aliphatic heterocycles. The van der Waals surface area contributed by atoms with Crippen molar-refractivity contribution in [2.24, 2.45) is 23.7 Å². The lowest BCUT2D eigenvalue weighted by molar-refractivity contribution is -0.186. The highest BCUT2D eigenvalue weighted by atomic mass is 19.4. The molecule has 1 N–H and O–H groups in total. The van der Waals surface area contributed by atoms with Crippen molar-refractivity contribution in [3.05, 3.63) is 53.6 Å². The number of hydrogen-bond donors (Lipinski definition) is 1. The second kappa shape index (κ2) is 12.3. The topological polar surface area (TPSA) is 58.6 Å². The second-order valence-corrected chi connectivity index (χ2v) is 11.9. The van der Waals surface area contributed by atoms with Crippen molar-refractivity contribution in [2.75, 3.05) is 32.8 Å². The van der Waals surface area contributed by atoms with Gasteiger partial charge in [-0.05, 0) is 91.8 Å². The van der Waals surface area contributed by atoms with Crippen LogP contribution >= 0.6 is 0 Å². The molecule has 2 aromatic carbocycles. The molecule has 3 aliphatic rings. The van der Waals surface area contributed by atoms with E-state index in [1.54, 1.807) is 4.90 Å². The summed E-state index contributed by atoms with van der Waals surface area (Å²) in [5, 5.41) is 3.31. The normalized spacial score (nSPS) is 24.1. The minimum atomic E-state index is -4.18. The first kappa shape index (κ1) is 28.7. The van der Waals surface area contributed by atoms with E-state index in [2.05, 4.69) is 18.3 Å². The maximum atomic E-state index is 13.0. The number of hydrogen-bond acceptors (Lipinski definition) is 4. The molecule has 2 saturated heterocycles. The molecule has 8 heteroatoms. The van der Waals surface area contributed by atoms with Crippen LogP contribution in [0.4, 0.5) is 13.2 Å². The molecule has 5 rings (SSSR count). The highest BCUT2D eigenvalue weighted by molar-refractivity contribution is 5.96. The average Bonchev–Trinajstić information content (AvgIpc) is 3.45. The molecule has 0 spiro atoms. The van der Waals surface area contributed by atoms with Crippen LogP contribution in [0.5, 0.6) is 5.75 Å². The SMILES string of the molecule is CC1Cc2cc(-c3ccc(C(=O)CC4CCNC4)cc3)ccc2OCCC1CC(=O)N1CCC(C(F)(F)F)CC1. The zero-order valence-corrected chi connectivity index (χ0v) is 23.1. The number of fused-ring (bicyclic) bond motifs is 1. The van der Waals surface area contributed by atoms with Gasteiger partial charge in [-0.1, -0.05) is 37.3 Å². The molecule has 0 aliphatic carbocycles. The van der Waals surface area contributed by atoms with Crippen molar-refractivity contribution < 1.29 is 27.5 Å². The summed E-state index contributed by atoms with van der Waals surface area (Å²) in [6.07, 6.45) is -0.751. The van der Waals surface area contributed by atoms with Gasteiger partial charge in [0.1, 0.15) is 5.75 Å². The van der Waals surface area contributed by atoms with Gasteiger partial charge in [0.2, 0.25) is 5.91 Å². The standard InChI is InChI=1S/C32H39F3N2O3/c1-21-16-27-18-26(23-2-4-24(5-3-23)29(38)17-22-8-12-36-20-22)6-7-30(27)40-15-11-25(21)19-31(39)37-13-9-28(10-14-37)32(33,34)35/h2-7,18,21-22,25,28,36H,8-17,19-20H2,1H3. The third-order valence-electron chi connectivity index (χ3n) is 9.08. The molecule has 216 valence electrons. The fourth-order valence-corrected chi connectivity index (χ4v) is 6.41. The number of halogens is 3. The molecule has 0 bridgehead atoms. The third kappa shape index (κ3) is 6.88. The molecule has 0 radical (unpaired) electrons. The van der Waals surface area contributed by atoms with Gasteiger partial charge in [0.15, 0.2) is 5.78 Å². The van der Waals surface area contributed by atoms with Gasteiger partial charge in [-0.25, -0.2) is 0 Å². The van der Waals surface area contributed by atoms with E-state index >= 15 is 0 Å². The van der Waals surface area contributed by atoms with Crippen LogP contribution in [0.25, 0.3) is 11.1 Å². The highest BCUT2D eigenvalue weighted by Gasteiger charge is 2.42. The van der Waals surface area contributed by atoms with Crippen molar-refractivity contribution in [3.63, 3.8) is 0 Å². The van der Waals surface area contributed by atoms with Crippen LogP contribution in [0.15, 0.2) is 42.5 Å². The minimum Gasteiger partial charge on any atom is -0.493 e. The number of ketones is 1. The van der Waals surface area contributed by atoms with E-state index in [4.69, 9.17) is 4.74 Å². The summed E-state index contributed by atoms with van der Waals surface area (Å²) >= 11 is 0. The average molecular weight is 557 g/mol. The van der Waals surface area contributed by atoms with Crippen LogP contribution < -0.4 is 10.1 Å². The number of alkyl halides is 3. The number of carbonyl (C=O) groups is 2. The Balaban J connectivity index is 1.21. The predicted octanol–water partition coefficient (Wildman–Crippen LogP) is 6.30. The van der Waals surface area contributed by atoms with Gasteiger partial charge in [0, 0.05) is 31.5 Å². The molecule has 5 nitrogen and oxygen atoms in total. The van der Waals surface area contributed by atoms with E-state index in [9.17, 15) is 22.8 Å². The molecule has 2 fully saturated rings. The molecule has 0 aromatic heterocycles. The highest BCUT2D eigenvalue weighted by Crippen LogP contribution is 2.36. The van der Waals surface area contributed by atoms with Crippen LogP contribution in [-0.4, -0.2) is 55.6 Å². The summed E-state index contributed by atoms with van der Waals surface area (Å²) in [4.78, 5) is 27.3. The number of amides is 1. The van der Waals surface area contributed by atoms with Crippen LogP contribution in [-0.2, 0) is 11.2 Å². The number of nitrogens with one attached hydrogen (secondary N) is 1. The number of Topliss-reactive ketones (excluding diaryl/α,β-unsaturated/α-hetero) is 1. The summed E-state index contributed by atoms with van der Waals surface area (Å²) in [7, 11) is 0. The van der Waals surface area contributed by atoms with Crippen molar-refractivity contribution >= 4 is 11.7 Å². The van der Waals surface area contributed by atoms with Gasteiger partial charge < -0.3 is 15.0 Å². The van der Waals surface area contributed by atoms with Crippen molar-refractivity contribution in [1.82, 2.24) is 10.2 Å². The molecule has 3 heterocycles. The Morgan fingerprint density at radius 1 is 0.975 bits per heavy atom. The number of nitrogens with zero attached hydrogens (tertiary/aromatic N) is 1. The van der Waals surface area contributed by atoms with Gasteiger partial charge in [-0.3, -0.25) is 9.59 Å². The molecule has 3 unspecified atom stereocenters. The van der Waals surface area contributed by atoms with E-state index in [1.807, 2.05) is 36.4 Å². The zero-order chi connectivity index (χ0) is 28.3. The molecule has 3 atom stereocenters. The van der Waals surface area contributed by atoms with Gasteiger partial charge in [-0.15, -0.1) is 0 Å². The van der Waals surface area contributed by atoms with E-state index in [-0.39, 0.29) is 49.5 Å². The first-order valence-corrected chi connectivity index (χ1v) is 14.6. The van der Waals surface area contributed by atoms with E-state index in [0.717, 1.165) is 60.4 Å². The van der Waals surface area contributed by atoms with Gasteiger partial charge >= 0.3 is 6.18 Å². The third-order valence-corrected chi connectivity index (χ3v) is 9.08. The Morgan fingerprint density at radius 2 is 1.70 bits per heavy atom. The Morgan fingerprint density at radius 3 is 2.38 bits per heavy atom. The number of piperidine rings is 1. The van der Waals surface area contributed by atoms with Crippen LogP contribution in [0.3, 0.4) is 0 Å². The zero-order valence-electron chi connectivity index (χ0n) is 23.1. The van der Waals surface area contributed by atoms with Crippen molar-refractivity contribution in [3.8, 4) is 16.9 Å². The Kier molecular flexibility index (Phi) is 8.83. The molecule has 40 heavy (non-hydrogen) atoms. The minimum absolute atomic E-state index is 0.0120. The monoisotopic (exact) mass is 556 g/mol. The van der Waals surface area contributed by atoms with Gasteiger partial charge in [0.25, 0.3) is 0 Å². The molecule has 2 aromatic rings. The number of carbonyl (C=O) groups excluding carboxylic acids is 2. The van der Waals surface area contributed by atoms with E-state index in [1.165, 1.54) is 0 Å². The lowest BCUT2D eigenvalue weighted by atomic mass is 9.82. The fourth-order valence-electron chi connectivity index (χ4n) is 6.41. The largest absolute Gasteiger partial charge is 0.493 e. The summed E-state index contributed by atoms with van der Waals surface area (Å²) in [6, 6.07) is 14.0. The first-order chi connectivity index (χ1) is 19.2. The maximum Gasteiger partial charge on any atom is 0.391 e. The lowest BCUT2D eigenvalue weighted by Crippen LogP contribution is -2.43. The Bertz CT molecular complexity index is 1180. The quantitative estimate of drug-likeness (QED) is 0.424. The molecular formula is C32H39F3N2O3. The summed E-state index contributed by atoms with van der Waals surface area (Å²) in [5.74, 6) is 0.429. The first-order valence-electron chi connectivity index (χ1n) is 14.6. The van der Waals surface area contributed by atoms with Gasteiger partial charge in [-0.2, -0.15) is 13.2 Å². The van der Waals surface area contributed by atoms with Crippen LogP contribution in [0, 0.1) is 23.7 Å². The summed E-state index contributed by atoms with van der Waals surface area (Å²) < 4.78 is 45.1. The maximum absolute atomic E-state index is 13.0. The van der Waals surface area contributed by atoms with Crippen LogP contribution in [0.1, 0.15) is 61.4 Å². The lowest BCUT2D eigenvalue weighted by Gasteiger charge is -2.35. The predicted molar refractivity (Wildman–Crippen MR) is 148 cm³/mol.